The van der Waals surface area contributed by atoms with Crippen LogP contribution in [0.15, 0.2) is 48.7 Å². The number of benzene rings is 3. The van der Waals surface area contributed by atoms with Crippen LogP contribution in [0, 0.1) is 35.7 Å². The minimum absolute atomic E-state index is 0.0147. The van der Waals surface area contributed by atoms with Crippen LogP contribution in [0.2, 0.25) is 0 Å². The Morgan fingerprint density at radius 3 is 2.34 bits per heavy atom. The van der Waals surface area contributed by atoms with E-state index in [4.69, 9.17) is 5.10 Å². The van der Waals surface area contributed by atoms with E-state index in [9.17, 15) is 37.5 Å². The zero-order valence-corrected chi connectivity index (χ0v) is 34.3. The van der Waals surface area contributed by atoms with Crippen molar-refractivity contribution in [2.75, 3.05) is 62.2 Å². The van der Waals surface area contributed by atoms with Crippen molar-refractivity contribution in [1.82, 2.24) is 30.2 Å². The fourth-order valence-corrected chi connectivity index (χ4v) is 10.2. The standard InChI is InChI=1S/C45H51F3N8O5/c1-27-2-5-29(20-37(27)55-13-10-38(57)50-44(55)61)43(60)54-14-11-45(12-15-54)23-33(24-45)53-18-16-52(17-19-53)32-9-6-30-26-56(51-36(30)21-32)31-7-3-28(4-8-31)25-49-42(59)34-22-35(46)41(58)40(48)39(34)47/h2,5-6,9,20-22,26,28,31,33,58H,3-4,7-8,10-19,23-25H2,1H3,(H,49,59)(H,50,57,61)/t28-,31-. The summed E-state index contributed by atoms with van der Waals surface area (Å²) in [5, 5.41) is 20.3. The van der Waals surface area contributed by atoms with Gasteiger partial charge in [0.05, 0.1) is 17.1 Å². The fourth-order valence-electron chi connectivity index (χ4n) is 10.2. The number of urea groups is 1. The van der Waals surface area contributed by atoms with Crippen LogP contribution >= 0.6 is 0 Å². The summed E-state index contributed by atoms with van der Waals surface area (Å²) in [4.78, 5) is 58.8. The van der Waals surface area contributed by atoms with E-state index >= 15 is 0 Å². The molecule has 3 aliphatic heterocycles. The van der Waals surface area contributed by atoms with Gasteiger partial charge in [-0.3, -0.25) is 34.2 Å². The summed E-state index contributed by atoms with van der Waals surface area (Å²) >= 11 is 0. The zero-order valence-electron chi connectivity index (χ0n) is 34.3. The number of piperidine rings is 1. The predicted molar refractivity (Wildman–Crippen MR) is 222 cm³/mol. The minimum atomic E-state index is -1.78. The van der Waals surface area contributed by atoms with Gasteiger partial charge in [-0.2, -0.15) is 9.49 Å². The summed E-state index contributed by atoms with van der Waals surface area (Å²) in [6.45, 7) is 7.77. The number of carbonyl (C=O) groups excluding carboxylic acids is 4. The molecule has 2 saturated carbocycles. The number of carbonyl (C=O) groups is 4. The van der Waals surface area contributed by atoms with Crippen LogP contribution in [0.4, 0.5) is 29.3 Å². The predicted octanol–water partition coefficient (Wildman–Crippen LogP) is 6.28. The van der Waals surface area contributed by atoms with E-state index in [0.29, 0.717) is 29.9 Å². The normalized spacial score (nSPS) is 22.4. The summed E-state index contributed by atoms with van der Waals surface area (Å²) in [7, 11) is 0. The second kappa shape index (κ2) is 16.3. The van der Waals surface area contributed by atoms with E-state index in [-0.39, 0.29) is 42.2 Å². The maximum atomic E-state index is 14.2. The molecule has 3 N–H and O–H groups in total. The maximum absolute atomic E-state index is 14.2. The molecule has 61 heavy (non-hydrogen) atoms. The Morgan fingerprint density at radius 2 is 1.62 bits per heavy atom. The Balaban J connectivity index is 0.720. The largest absolute Gasteiger partial charge is 0.503 e. The van der Waals surface area contributed by atoms with E-state index in [2.05, 4.69) is 44.8 Å². The number of halogens is 3. The van der Waals surface area contributed by atoms with Crippen molar-refractivity contribution in [1.29, 1.82) is 0 Å². The molecule has 1 aromatic heterocycles. The van der Waals surface area contributed by atoms with Crippen LogP contribution in [-0.2, 0) is 4.79 Å². The van der Waals surface area contributed by atoms with Crippen LogP contribution in [-0.4, -0.2) is 107 Å². The van der Waals surface area contributed by atoms with Gasteiger partial charge in [0.1, 0.15) is 0 Å². The molecular weight excluding hydrogens is 790 g/mol. The Morgan fingerprint density at radius 1 is 0.885 bits per heavy atom. The highest BCUT2D eigenvalue weighted by atomic mass is 19.2. The Hall–Kier alpha value is -5.64. The number of piperazine rings is 1. The number of rotatable bonds is 8. The average Bonchev–Trinajstić information content (AvgIpc) is 3.69. The second-order valence-corrected chi connectivity index (χ2v) is 17.8. The number of imide groups is 1. The van der Waals surface area contributed by atoms with Crippen LogP contribution in [0.1, 0.15) is 90.1 Å². The molecule has 2 aliphatic carbocycles. The van der Waals surface area contributed by atoms with Gasteiger partial charge in [-0.05, 0) is 112 Å². The van der Waals surface area contributed by atoms with Crippen molar-refractivity contribution in [3.8, 4) is 5.75 Å². The monoisotopic (exact) mass is 840 g/mol. The van der Waals surface area contributed by atoms with E-state index in [1.54, 1.807) is 11.0 Å². The molecule has 0 unspecified atom stereocenters. The molecule has 5 amide bonds. The molecule has 322 valence electrons. The van der Waals surface area contributed by atoms with Crippen molar-refractivity contribution >= 4 is 46.0 Å². The van der Waals surface area contributed by atoms with Gasteiger partial charge in [0, 0.05) is 93.3 Å². The van der Waals surface area contributed by atoms with Gasteiger partial charge in [0.2, 0.25) is 11.7 Å². The van der Waals surface area contributed by atoms with Gasteiger partial charge in [-0.1, -0.05) is 6.07 Å². The first-order chi connectivity index (χ1) is 29.3. The van der Waals surface area contributed by atoms with E-state index in [1.807, 2.05) is 28.6 Å². The van der Waals surface area contributed by atoms with Crippen molar-refractivity contribution in [2.45, 2.75) is 76.8 Å². The van der Waals surface area contributed by atoms with Gasteiger partial charge in [-0.15, -0.1) is 0 Å². The number of fused-ring (bicyclic) bond motifs is 1. The third-order valence-corrected chi connectivity index (χ3v) is 14.1. The summed E-state index contributed by atoms with van der Waals surface area (Å²) in [5.74, 6) is -7.27. The molecule has 16 heteroatoms. The topological polar surface area (TPSA) is 143 Å². The highest BCUT2D eigenvalue weighted by Crippen LogP contribution is 2.51. The van der Waals surface area contributed by atoms with Gasteiger partial charge < -0.3 is 20.2 Å². The number of anilines is 2. The molecule has 5 fully saturated rings. The first-order valence-corrected chi connectivity index (χ1v) is 21.5. The molecular formula is C45H51F3N8O5. The number of phenols is 1. The molecule has 3 saturated heterocycles. The smallest absolute Gasteiger partial charge is 0.328 e. The third-order valence-electron chi connectivity index (χ3n) is 14.1. The number of phenolic OH excluding ortho intramolecular Hbond substituents is 1. The molecule has 0 atom stereocenters. The number of likely N-dealkylation sites (tertiary alicyclic amines) is 1. The van der Waals surface area contributed by atoms with Crippen LogP contribution < -0.4 is 20.4 Å². The number of nitrogens with zero attached hydrogens (tertiary/aromatic N) is 6. The zero-order chi connectivity index (χ0) is 42.6. The van der Waals surface area contributed by atoms with Crippen LogP contribution in [0.5, 0.6) is 5.75 Å². The first kappa shape index (κ1) is 40.7. The van der Waals surface area contributed by atoms with Crippen molar-refractivity contribution in [2.24, 2.45) is 11.3 Å². The van der Waals surface area contributed by atoms with Crippen molar-refractivity contribution in [3.05, 3.63) is 82.8 Å². The summed E-state index contributed by atoms with van der Waals surface area (Å²) in [6, 6.07) is 12.8. The number of aromatic hydroxyl groups is 1. The number of aromatic nitrogens is 2. The SMILES string of the molecule is Cc1ccc(C(=O)N2CCC3(CC2)CC(N2CCN(c4ccc5cn([C@H]6CC[C@H](CNC(=O)c7cc(F)c(O)c(F)c7F)CC6)nc5c4)CC2)C3)cc1N1CCC(=O)NC1=O. The lowest BCUT2D eigenvalue weighted by Crippen LogP contribution is -2.59. The highest BCUT2D eigenvalue weighted by Gasteiger charge is 2.48. The van der Waals surface area contributed by atoms with Crippen molar-refractivity contribution < 1.29 is 37.5 Å². The molecule has 13 nitrogen and oxygen atoms in total. The van der Waals surface area contributed by atoms with Gasteiger partial charge in [0.15, 0.2) is 17.4 Å². The van der Waals surface area contributed by atoms with E-state index in [0.717, 1.165) is 107 Å². The Kier molecular flexibility index (Phi) is 10.9. The Labute approximate surface area is 351 Å². The molecule has 9 rings (SSSR count). The third kappa shape index (κ3) is 8.02. The van der Waals surface area contributed by atoms with Crippen LogP contribution in [0.25, 0.3) is 10.9 Å². The van der Waals surface area contributed by atoms with Crippen molar-refractivity contribution in [3.63, 3.8) is 0 Å². The number of hydrogen-bond donors (Lipinski definition) is 3. The first-order valence-electron chi connectivity index (χ1n) is 21.5. The van der Waals surface area contributed by atoms with E-state index < -0.39 is 40.7 Å². The molecule has 1 spiro atoms. The highest BCUT2D eigenvalue weighted by molar-refractivity contribution is 6.06. The fraction of sp³-hybridized carbons (Fsp3) is 0.489. The number of hydrogen-bond acceptors (Lipinski definition) is 8. The molecule has 0 radical (unpaired) electrons. The summed E-state index contributed by atoms with van der Waals surface area (Å²) in [6.07, 6.45) is 9.94. The van der Waals surface area contributed by atoms with Gasteiger partial charge >= 0.3 is 6.03 Å². The molecule has 0 bridgehead atoms. The summed E-state index contributed by atoms with van der Waals surface area (Å²) in [5.41, 5.74) is 3.73. The average molecular weight is 841 g/mol. The number of amides is 5. The van der Waals surface area contributed by atoms with Gasteiger partial charge in [0.25, 0.3) is 11.8 Å². The quantitative estimate of drug-likeness (QED) is 0.176. The lowest BCUT2D eigenvalue weighted by atomic mass is 9.60. The van der Waals surface area contributed by atoms with E-state index in [1.165, 1.54) is 5.69 Å². The van der Waals surface area contributed by atoms with Gasteiger partial charge in [-0.25, -0.2) is 13.6 Å². The Bertz CT molecular complexity index is 2370. The summed E-state index contributed by atoms with van der Waals surface area (Å²) < 4.78 is 43.7. The lowest BCUT2D eigenvalue weighted by Gasteiger charge is -2.56. The van der Waals surface area contributed by atoms with Crippen LogP contribution in [0.3, 0.4) is 0 Å². The number of nitrogens with one attached hydrogen (secondary N) is 2. The molecule has 4 aromatic rings. The number of aryl methyl sites for hydroxylation is 1. The second-order valence-electron chi connectivity index (χ2n) is 17.8. The molecule has 5 aliphatic rings. The molecule has 3 aromatic carbocycles. The lowest BCUT2D eigenvalue weighted by molar-refractivity contribution is -0.120. The minimum Gasteiger partial charge on any atom is -0.503 e. The molecule has 4 heterocycles. The maximum Gasteiger partial charge on any atom is 0.328 e.